The second kappa shape index (κ2) is 6.50. The van der Waals surface area contributed by atoms with E-state index < -0.39 is 11.4 Å². The van der Waals surface area contributed by atoms with Crippen molar-refractivity contribution in [3.8, 4) is 0 Å². The van der Waals surface area contributed by atoms with Crippen molar-refractivity contribution < 1.29 is 14.7 Å². The van der Waals surface area contributed by atoms with E-state index in [0.717, 1.165) is 5.56 Å². The predicted molar refractivity (Wildman–Crippen MR) is 76.1 cm³/mol. The number of aromatic nitrogens is 1. The van der Waals surface area contributed by atoms with Crippen molar-refractivity contribution in [2.45, 2.75) is 39.7 Å². The highest BCUT2D eigenvalue weighted by atomic mass is 16.4. The van der Waals surface area contributed by atoms with E-state index in [1.807, 2.05) is 19.1 Å². The summed E-state index contributed by atoms with van der Waals surface area (Å²) in [4.78, 5) is 28.7. The third kappa shape index (κ3) is 4.64. The van der Waals surface area contributed by atoms with Crippen LogP contribution in [0.15, 0.2) is 24.5 Å². The van der Waals surface area contributed by atoms with Crippen LogP contribution in [0.1, 0.15) is 45.2 Å². The third-order valence-corrected chi connectivity index (χ3v) is 3.42. The maximum Gasteiger partial charge on any atom is 0.303 e. The molecule has 1 amide bonds. The first-order chi connectivity index (χ1) is 9.23. The summed E-state index contributed by atoms with van der Waals surface area (Å²) in [5, 5.41) is 8.86. The Balaban J connectivity index is 2.70. The molecule has 0 aliphatic heterocycles. The van der Waals surface area contributed by atoms with Crippen molar-refractivity contribution in [1.29, 1.82) is 0 Å². The summed E-state index contributed by atoms with van der Waals surface area (Å²) in [6, 6.07) is 3.68. The van der Waals surface area contributed by atoms with Gasteiger partial charge < -0.3 is 10.0 Å². The lowest BCUT2D eigenvalue weighted by atomic mass is 9.85. The molecule has 0 radical (unpaired) electrons. The Morgan fingerprint density at radius 2 is 1.85 bits per heavy atom. The Hall–Kier alpha value is -1.91. The molecular formula is C15H22N2O3. The molecule has 1 rings (SSSR count). The van der Waals surface area contributed by atoms with Gasteiger partial charge in [0.05, 0.1) is 12.5 Å². The van der Waals surface area contributed by atoms with Gasteiger partial charge in [-0.15, -0.1) is 0 Å². The van der Waals surface area contributed by atoms with Crippen molar-refractivity contribution in [3.05, 3.63) is 30.1 Å². The van der Waals surface area contributed by atoms with Gasteiger partial charge in [0.25, 0.3) is 0 Å². The number of carboxylic acids is 1. The summed E-state index contributed by atoms with van der Waals surface area (Å²) in [5.41, 5.74) is 0.460. The topological polar surface area (TPSA) is 70.5 Å². The lowest BCUT2D eigenvalue weighted by molar-refractivity contribution is -0.140. The molecule has 5 nitrogen and oxygen atoms in total. The number of nitrogens with zero attached hydrogens (tertiary/aromatic N) is 2. The Labute approximate surface area is 119 Å². The largest absolute Gasteiger partial charge is 0.481 e. The van der Waals surface area contributed by atoms with Crippen molar-refractivity contribution >= 4 is 11.9 Å². The second-order valence-electron chi connectivity index (χ2n) is 5.87. The number of rotatable bonds is 6. The number of pyridine rings is 1. The molecule has 0 aromatic carbocycles. The Kier molecular flexibility index (Phi) is 5.25. The van der Waals surface area contributed by atoms with Gasteiger partial charge in [0.2, 0.25) is 5.91 Å². The van der Waals surface area contributed by atoms with Crippen LogP contribution < -0.4 is 0 Å². The smallest absolute Gasteiger partial charge is 0.303 e. The summed E-state index contributed by atoms with van der Waals surface area (Å²) in [6.45, 7) is 5.53. The van der Waals surface area contributed by atoms with E-state index in [-0.39, 0.29) is 24.8 Å². The first-order valence-electron chi connectivity index (χ1n) is 6.60. The van der Waals surface area contributed by atoms with Gasteiger partial charge >= 0.3 is 5.97 Å². The number of aliphatic carboxylic acids is 1. The molecule has 0 aliphatic rings. The monoisotopic (exact) mass is 278 g/mol. The van der Waals surface area contributed by atoms with Crippen LogP contribution in [0.25, 0.3) is 0 Å². The molecule has 0 spiro atoms. The number of hydrogen-bond acceptors (Lipinski definition) is 3. The lowest BCUT2D eigenvalue weighted by Crippen LogP contribution is -2.33. The normalized spacial score (nSPS) is 12.8. The van der Waals surface area contributed by atoms with E-state index in [0.29, 0.717) is 0 Å². The minimum atomic E-state index is -0.882. The highest BCUT2D eigenvalue weighted by molar-refractivity contribution is 5.78. The maximum atomic E-state index is 12.3. The Bertz CT molecular complexity index is 471. The van der Waals surface area contributed by atoms with Crippen molar-refractivity contribution in [2.75, 3.05) is 7.05 Å². The van der Waals surface area contributed by atoms with Crippen LogP contribution in [0.2, 0.25) is 0 Å². The SMILES string of the molecule is CC(c1ccncc1)N(C)C(=O)CC(C)(C)CC(=O)O. The molecule has 0 aliphatic carbocycles. The molecule has 1 aromatic rings. The number of carboxylic acid groups (broad SMARTS) is 1. The lowest BCUT2D eigenvalue weighted by Gasteiger charge is -2.29. The van der Waals surface area contributed by atoms with Gasteiger partial charge in [-0.3, -0.25) is 14.6 Å². The van der Waals surface area contributed by atoms with E-state index in [9.17, 15) is 9.59 Å². The number of carbonyl (C=O) groups excluding carboxylic acids is 1. The summed E-state index contributed by atoms with van der Waals surface area (Å²) in [6.07, 6.45) is 3.58. The third-order valence-electron chi connectivity index (χ3n) is 3.42. The zero-order valence-corrected chi connectivity index (χ0v) is 12.5. The van der Waals surface area contributed by atoms with Crippen LogP contribution in [-0.4, -0.2) is 33.9 Å². The molecule has 1 aromatic heterocycles. The molecule has 20 heavy (non-hydrogen) atoms. The standard InChI is InChI=1S/C15H22N2O3/c1-11(12-5-7-16-8-6-12)17(4)13(18)9-15(2,3)10-14(19)20/h5-8,11H,9-10H2,1-4H3,(H,19,20). The van der Waals surface area contributed by atoms with Gasteiger partial charge in [0, 0.05) is 25.9 Å². The van der Waals surface area contributed by atoms with Crippen LogP contribution in [0, 0.1) is 5.41 Å². The summed E-state index contributed by atoms with van der Waals surface area (Å²) < 4.78 is 0. The molecule has 1 unspecified atom stereocenters. The van der Waals surface area contributed by atoms with Crippen LogP contribution in [-0.2, 0) is 9.59 Å². The Morgan fingerprint density at radius 1 is 1.30 bits per heavy atom. The zero-order valence-electron chi connectivity index (χ0n) is 12.5. The van der Waals surface area contributed by atoms with E-state index in [2.05, 4.69) is 4.98 Å². The molecule has 5 heteroatoms. The molecule has 1 heterocycles. The first-order valence-corrected chi connectivity index (χ1v) is 6.60. The van der Waals surface area contributed by atoms with Crippen molar-refractivity contribution in [3.63, 3.8) is 0 Å². The molecule has 0 fully saturated rings. The van der Waals surface area contributed by atoms with Crippen LogP contribution >= 0.6 is 0 Å². The molecule has 0 bridgehead atoms. The fourth-order valence-electron chi connectivity index (χ4n) is 2.09. The maximum absolute atomic E-state index is 12.3. The average molecular weight is 278 g/mol. The number of amides is 1. The van der Waals surface area contributed by atoms with E-state index in [1.54, 1.807) is 38.2 Å². The summed E-state index contributed by atoms with van der Waals surface area (Å²) in [5.74, 6) is -0.937. The van der Waals surface area contributed by atoms with E-state index in [1.165, 1.54) is 0 Å². The fourth-order valence-corrected chi connectivity index (χ4v) is 2.09. The van der Waals surface area contributed by atoms with Crippen LogP contribution in [0.5, 0.6) is 0 Å². The highest BCUT2D eigenvalue weighted by Crippen LogP contribution is 2.28. The van der Waals surface area contributed by atoms with Gasteiger partial charge in [0.15, 0.2) is 0 Å². The van der Waals surface area contributed by atoms with Crippen molar-refractivity contribution in [2.24, 2.45) is 5.41 Å². The van der Waals surface area contributed by atoms with Gasteiger partial charge in [-0.05, 0) is 30.0 Å². The van der Waals surface area contributed by atoms with E-state index >= 15 is 0 Å². The van der Waals surface area contributed by atoms with Gasteiger partial charge in [-0.1, -0.05) is 13.8 Å². The molecule has 1 atom stereocenters. The molecule has 0 saturated heterocycles. The van der Waals surface area contributed by atoms with Crippen LogP contribution in [0.4, 0.5) is 0 Å². The van der Waals surface area contributed by atoms with Crippen LogP contribution in [0.3, 0.4) is 0 Å². The average Bonchev–Trinajstić information content (AvgIpc) is 2.35. The minimum Gasteiger partial charge on any atom is -0.481 e. The molecule has 0 saturated carbocycles. The molecule has 1 N–H and O–H groups in total. The molecule has 110 valence electrons. The Morgan fingerprint density at radius 3 is 2.35 bits per heavy atom. The number of hydrogen-bond donors (Lipinski definition) is 1. The summed E-state index contributed by atoms with van der Waals surface area (Å²) in [7, 11) is 1.74. The molecular weight excluding hydrogens is 256 g/mol. The number of carbonyl (C=O) groups is 2. The predicted octanol–water partition coefficient (Wildman–Crippen LogP) is 2.49. The quantitative estimate of drug-likeness (QED) is 0.868. The van der Waals surface area contributed by atoms with Crippen molar-refractivity contribution in [1.82, 2.24) is 9.88 Å². The zero-order chi connectivity index (χ0) is 15.3. The summed E-state index contributed by atoms with van der Waals surface area (Å²) >= 11 is 0. The van der Waals surface area contributed by atoms with Gasteiger partial charge in [0.1, 0.15) is 0 Å². The fraction of sp³-hybridized carbons (Fsp3) is 0.533. The van der Waals surface area contributed by atoms with E-state index in [4.69, 9.17) is 5.11 Å². The first kappa shape index (κ1) is 16.1. The minimum absolute atomic E-state index is 0.0176. The van der Waals surface area contributed by atoms with Gasteiger partial charge in [-0.25, -0.2) is 0 Å². The van der Waals surface area contributed by atoms with Gasteiger partial charge in [-0.2, -0.15) is 0 Å². The second-order valence-corrected chi connectivity index (χ2v) is 5.87. The highest BCUT2D eigenvalue weighted by Gasteiger charge is 2.28.